The molecule has 0 saturated heterocycles. The van der Waals surface area contributed by atoms with Crippen molar-refractivity contribution < 1.29 is 14.3 Å². The fraction of sp³-hybridized carbons (Fsp3) is 0.400. The van der Waals surface area contributed by atoms with Gasteiger partial charge in [-0.2, -0.15) is 5.10 Å². The molecule has 33 heavy (non-hydrogen) atoms. The molecule has 1 amide bonds. The van der Waals surface area contributed by atoms with Crippen LogP contribution in [-0.2, 0) is 6.42 Å². The van der Waals surface area contributed by atoms with Crippen molar-refractivity contribution >= 4 is 34.2 Å². The summed E-state index contributed by atoms with van der Waals surface area (Å²) in [6.07, 6.45) is 2.00. The number of nitrogens with zero attached hydrogens (tertiary/aromatic N) is 4. The number of rotatable bonds is 4. The highest BCUT2D eigenvalue weighted by Crippen LogP contribution is 2.38. The fourth-order valence-electron chi connectivity index (χ4n) is 4.39. The van der Waals surface area contributed by atoms with Crippen LogP contribution in [-0.4, -0.2) is 61.4 Å². The molecule has 0 aliphatic carbocycles. The molecular formula is C25H30N4O3S. The molecule has 0 radical (unpaired) electrons. The largest absolute Gasteiger partial charge is 0.493 e. The number of fused-ring (bicyclic) bond motifs is 1. The maximum Gasteiger partial charge on any atom is 0.302 e. The molecular weight excluding hydrogens is 436 g/mol. The Kier molecular flexibility index (Phi) is 6.38. The number of methoxy groups -OCH3 is 2. The molecule has 2 heterocycles. The topological polar surface area (TPSA) is 66.7 Å². The van der Waals surface area contributed by atoms with Crippen LogP contribution in [0.5, 0.6) is 11.5 Å². The summed E-state index contributed by atoms with van der Waals surface area (Å²) in [7, 11) is 6.80. The number of amides is 1. The van der Waals surface area contributed by atoms with Gasteiger partial charge in [-0.15, -0.1) is 0 Å². The summed E-state index contributed by atoms with van der Waals surface area (Å²) in [5.74, 6) is 2.26. The first-order valence-electron chi connectivity index (χ1n) is 10.9. The number of amidine groups is 1. The highest BCUT2D eigenvalue weighted by molar-refractivity contribution is 8.15. The van der Waals surface area contributed by atoms with Gasteiger partial charge in [0.1, 0.15) is 5.84 Å². The van der Waals surface area contributed by atoms with Crippen LogP contribution < -0.4 is 14.4 Å². The van der Waals surface area contributed by atoms with E-state index < -0.39 is 0 Å². The SMILES string of the molecule is CN=C(c1ccc(OC)c(OC)c1)N1CCCc2cc(C3=NN(C)C(=O)SC3(C)C)ccc21. The second kappa shape index (κ2) is 9.09. The predicted molar refractivity (Wildman–Crippen MR) is 135 cm³/mol. The van der Waals surface area contributed by atoms with Gasteiger partial charge >= 0.3 is 5.24 Å². The average Bonchev–Trinajstić information content (AvgIpc) is 2.81. The number of hydrogen-bond donors (Lipinski definition) is 0. The Balaban J connectivity index is 1.72. The molecule has 174 valence electrons. The number of anilines is 1. The summed E-state index contributed by atoms with van der Waals surface area (Å²) in [5.41, 5.74) is 5.34. The molecule has 0 saturated carbocycles. The van der Waals surface area contributed by atoms with Crippen molar-refractivity contribution in [1.29, 1.82) is 0 Å². The van der Waals surface area contributed by atoms with E-state index >= 15 is 0 Å². The van der Waals surface area contributed by atoms with Gasteiger partial charge in [0, 0.05) is 31.9 Å². The second-order valence-corrected chi connectivity index (χ2v) is 10.1. The molecule has 0 unspecified atom stereocenters. The molecule has 0 bridgehead atoms. The van der Waals surface area contributed by atoms with Crippen molar-refractivity contribution in [3.05, 3.63) is 53.1 Å². The van der Waals surface area contributed by atoms with Crippen molar-refractivity contribution in [3.63, 3.8) is 0 Å². The minimum Gasteiger partial charge on any atom is -0.493 e. The molecule has 2 aromatic carbocycles. The van der Waals surface area contributed by atoms with Crippen LogP contribution in [0.25, 0.3) is 0 Å². The quantitative estimate of drug-likeness (QED) is 0.478. The van der Waals surface area contributed by atoms with Gasteiger partial charge in [0.05, 0.1) is 24.7 Å². The third-order valence-corrected chi connectivity index (χ3v) is 7.15. The van der Waals surface area contributed by atoms with E-state index in [0.29, 0.717) is 11.5 Å². The van der Waals surface area contributed by atoms with Gasteiger partial charge in [-0.05, 0) is 68.1 Å². The number of benzene rings is 2. The summed E-state index contributed by atoms with van der Waals surface area (Å²) in [5, 5.41) is 6.00. The minimum absolute atomic E-state index is 0.0356. The maximum absolute atomic E-state index is 12.1. The number of carbonyl (C=O) groups is 1. The van der Waals surface area contributed by atoms with Crippen LogP contribution in [0.2, 0.25) is 0 Å². The number of hydrogen-bond acceptors (Lipinski definition) is 6. The number of thioether (sulfide) groups is 1. The van der Waals surface area contributed by atoms with Crippen LogP contribution in [0.15, 0.2) is 46.5 Å². The summed E-state index contributed by atoms with van der Waals surface area (Å²) < 4.78 is 10.5. The van der Waals surface area contributed by atoms with Crippen LogP contribution in [0.3, 0.4) is 0 Å². The highest BCUT2D eigenvalue weighted by Gasteiger charge is 2.37. The average molecular weight is 467 g/mol. The molecule has 0 atom stereocenters. The van der Waals surface area contributed by atoms with E-state index in [4.69, 9.17) is 9.47 Å². The molecule has 4 rings (SSSR count). The number of ether oxygens (including phenoxy) is 2. The number of aryl methyl sites for hydroxylation is 1. The Bertz CT molecular complexity index is 1140. The van der Waals surface area contributed by atoms with Crippen molar-refractivity contribution in [2.24, 2.45) is 10.1 Å². The Morgan fingerprint density at radius 2 is 1.88 bits per heavy atom. The van der Waals surface area contributed by atoms with Crippen LogP contribution in [0.1, 0.15) is 37.0 Å². The van der Waals surface area contributed by atoms with Gasteiger partial charge < -0.3 is 14.4 Å². The van der Waals surface area contributed by atoms with E-state index in [9.17, 15) is 4.79 Å². The molecule has 2 aliphatic heterocycles. The summed E-state index contributed by atoms with van der Waals surface area (Å²) in [6.45, 7) is 4.98. The zero-order valence-electron chi connectivity index (χ0n) is 20.0. The van der Waals surface area contributed by atoms with Gasteiger partial charge in [0.25, 0.3) is 0 Å². The van der Waals surface area contributed by atoms with Crippen molar-refractivity contribution in [2.45, 2.75) is 31.4 Å². The van der Waals surface area contributed by atoms with Gasteiger partial charge in [-0.1, -0.05) is 17.8 Å². The normalized spacial score (nSPS) is 18.1. The molecule has 2 aromatic rings. The maximum atomic E-state index is 12.1. The molecule has 0 spiro atoms. The third-order valence-electron chi connectivity index (χ3n) is 6.01. The van der Waals surface area contributed by atoms with E-state index in [0.717, 1.165) is 47.7 Å². The Hall–Kier alpha value is -3.00. The first kappa shape index (κ1) is 23.2. The molecule has 0 N–H and O–H groups in total. The number of hydrazone groups is 1. The summed E-state index contributed by atoms with van der Waals surface area (Å²) in [4.78, 5) is 19.0. The van der Waals surface area contributed by atoms with E-state index in [1.165, 1.54) is 22.3 Å². The molecule has 0 fully saturated rings. The number of aliphatic imine (C=N–C) groups is 1. The molecule has 7 nitrogen and oxygen atoms in total. The highest BCUT2D eigenvalue weighted by atomic mass is 32.2. The van der Waals surface area contributed by atoms with Gasteiger partial charge in [0.2, 0.25) is 0 Å². The van der Waals surface area contributed by atoms with E-state index in [1.54, 1.807) is 21.3 Å². The van der Waals surface area contributed by atoms with Gasteiger partial charge in [-0.3, -0.25) is 9.79 Å². The van der Waals surface area contributed by atoms with Crippen LogP contribution >= 0.6 is 11.8 Å². The third kappa shape index (κ3) is 4.31. The Morgan fingerprint density at radius 3 is 2.58 bits per heavy atom. The van der Waals surface area contributed by atoms with E-state index in [1.807, 2.05) is 39.1 Å². The lowest BCUT2D eigenvalue weighted by Gasteiger charge is -2.35. The molecule has 2 aliphatic rings. The van der Waals surface area contributed by atoms with Gasteiger partial charge in [-0.25, -0.2) is 5.01 Å². The molecule has 8 heteroatoms. The molecule has 0 aromatic heterocycles. The second-order valence-electron chi connectivity index (χ2n) is 8.57. The Labute approximate surface area is 199 Å². The van der Waals surface area contributed by atoms with E-state index in [2.05, 4.69) is 33.2 Å². The van der Waals surface area contributed by atoms with Crippen LogP contribution in [0, 0.1) is 0 Å². The zero-order valence-corrected chi connectivity index (χ0v) is 20.8. The first-order valence-corrected chi connectivity index (χ1v) is 11.8. The minimum atomic E-state index is -0.387. The first-order chi connectivity index (χ1) is 15.8. The fourth-order valence-corrected chi connectivity index (χ4v) is 5.26. The monoisotopic (exact) mass is 466 g/mol. The standard InChI is InChI=1S/C25H30N4O3S/c1-25(2)22(27-28(4)24(30)33-25)17-9-11-19-16(14-17)8-7-13-29(19)23(26-3)18-10-12-20(31-5)21(15-18)32-6/h9-12,14-15H,7-8,13H2,1-6H3. The van der Waals surface area contributed by atoms with E-state index in [-0.39, 0.29) is 9.99 Å². The van der Waals surface area contributed by atoms with Crippen molar-refractivity contribution in [2.75, 3.05) is 39.8 Å². The van der Waals surface area contributed by atoms with Gasteiger partial charge in [0.15, 0.2) is 11.5 Å². The summed E-state index contributed by atoms with van der Waals surface area (Å²) >= 11 is 1.31. The smallest absolute Gasteiger partial charge is 0.302 e. The van der Waals surface area contributed by atoms with Crippen LogP contribution in [0.4, 0.5) is 10.5 Å². The summed E-state index contributed by atoms with van der Waals surface area (Å²) in [6, 6.07) is 12.3. The predicted octanol–water partition coefficient (Wildman–Crippen LogP) is 4.81. The van der Waals surface area contributed by atoms with Crippen molar-refractivity contribution in [1.82, 2.24) is 5.01 Å². The lowest BCUT2D eigenvalue weighted by molar-refractivity contribution is 0.234. The lowest BCUT2D eigenvalue weighted by atomic mass is 9.93. The Morgan fingerprint density at radius 1 is 1.12 bits per heavy atom. The zero-order chi connectivity index (χ0) is 23.8. The lowest BCUT2D eigenvalue weighted by Crippen LogP contribution is -2.40. The van der Waals surface area contributed by atoms with Crippen molar-refractivity contribution in [3.8, 4) is 11.5 Å². The number of carbonyl (C=O) groups excluding carboxylic acids is 1.